The van der Waals surface area contributed by atoms with Gasteiger partial charge in [-0.25, -0.2) is 4.98 Å². The Balaban J connectivity index is 1.96. The molecule has 3 nitrogen and oxygen atoms in total. The van der Waals surface area contributed by atoms with Crippen LogP contribution in [0.15, 0.2) is 35.8 Å². The second-order valence-corrected chi connectivity index (χ2v) is 4.90. The number of aromatic nitrogens is 1. The molecule has 0 radical (unpaired) electrons. The van der Waals surface area contributed by atoms with Gasteiger partial charge >= 0.3 is 0 Å². The second-order valence-electron chi connectivity index (χ2n) is 4.00. The second kappa shape index (κ2) is 5.68. The Labute approximate surface area is 105 Å². The third-order valence-electron chi connectivity index (χ3n) is 2.15. The highest BCUT2D eigenvalue weighted by Gasteiger charge is 2.00. The third kappa shape index (κ3) is 3.75. The predicted octanol–water partition coefficient (Wildman–Crippen LogP) is 3.54. The number of nitrogens with one attached hydrogen (secondary N) is 1. The monoisotopic (exact) mass is 248 g/mol. The Kier molecular flexibility index (Phi) is 3.98. The highest BCUT2D eigenvalue weighted by molar-refractivity contribution is 7.13. The topological polar surface area (TPSA) is 34.1 Å². The van der Waals surface area contributed by atoms with Gasteiger partial charge in [-0.3, -0.25) is 0 Å². The first-order valence-corrected chi connectivity index (χ1v) is 6.51. The Morgan fingerprint density at radius 1 is 1.41 bits per heavy atom. The van der Waals surface area contributed by atoms with Crippen molar-refractivity contribution in [2.24, 2.45) is 0 Å². The molecule has 0 aliphatic carbocycles. The molecule has 0 aliphatic heterocycles. The lowest BCUT2D eigenvalue weighted by atomic mass is 10.2. The molecule has 0 spiro atoms. The van der Waals surface area contributed by atoms with Crippen LogP contribution in [0.4, 0.5) is 5.13 Å². The zero-order valence-corrected chi connectivity index (χ0v) is 10.8. The molecule has 2 aromatic rings. The van der Waals surface area contributed by atoms with Crippen molar-refractivity contribution in [2.45, 2.75) is 26.5 Å². The molecule has 0 fully saturated rings. The van der Waals surface area contributed by atoms with Gasteiger partial charge in [-0.15, -0.1) is 11.3 Å². The van der Waals surface area contributed by atoms with Crippen LogP contribution in [-0.4, -0.2) is 11.1 Å². The normalized spacial score (nSPS) is 10.5. The van der Waals surface area contributed by atoms with E-state index in [1.165, 1.54) is 5.56 Å². The molecular weight excluding hydrogens is 232 g/mol. The molecular formula is C13H16N2OS. The number of hydrogen-bond acceptors (Lipinski definition) is 4. The molecule has 2 rings (SSSR count). The van der Waals surface area contributed by atoms with Gasteiger partial charge in [0, 0.05) is 18.1 Å². The lowest BCUT2D eigenvalue weighted by Gasteiger charge is -2.11. The van der Waals surface area contributed by atoms with Crippen molar-refractivity contribution in [2.75, 3.05) is 5.32 Å². The van der Waals surface area contributed by atoms with Crippen molar-refractivity contribution in [3.63, 3.8) is 0 Å². The molecule has 90 valence electrons. The maximum atomic E-state index is 5.65. The SMILES string of the molecule is CC(C)Oc1cccc(CNc2nccs2)c1. The number of thiazole rings is 1. The smallest absolute Gasteiger partial charge is 0.182 e. The van der Waals surface area contributed by atoms with Crippen LogP contribution in [-0.2, 0) is 6.54 Å². The lowest BCUT2D eigenvalue weighted by molar-refractivity contribution is 0.242. The Morgan fingerprint density at radius 2 is 2.29 bits per heavy atom. The number of anilines is 1. The van der Waals surface area contributed by atoms with E-state index in [-0.39, 0.29) is 6.10 Å². The first-order chi connectivity index (χ1) is 8.24. The van der Waals surface area contributed by atoms with Crippen LogP contribution >= 0.6 is 11.3 Å². The van der Waals surface area contributed by atoms with Gasteiger partial charge in [0.1, 0.15) is 5.75 Å². The Morgan fingerprint density at radius 3 is 3.00 bits per heavy atom. The van der Waals surface area contributed by atoms with E-state index < -0.39 is 0 Å². The van der Waals surface area contributed by atoms with Gasteiger partial charge in [0.25, 0.3) is 0 Å². The minimum Gasteiger partial charge on any atom is -0.491 e. The summed E-state index contributed by atoms with van der Waals surface area (Å²) in [6.45, 7) is 4.82. The number of hydrogen-bond donors (Lipinski definition) is 1. The van der Waals surface area contributed by atoms with Crippen molar-refractivity contribution >= 4 is 16.5 Å². The standard InChI is InChI=1S/C13H16N2OS/c1-10(2)16-12-5-3-4-11(8-12)9-15-13-14-6-7-17-13/h3-8,10H,9H2,1-2H3,(H,14,15). The highest BCUT2D eigenvalue weighted by atomic mass is 32.1. The van der Waals surface area contributed by atoms with E-state index in [4.69, 9.17) is 4.74 Å². The summed E-state index contributed by atoms with van der Waals surface area (Å²) < 4.78 is 5.65. The largest absolute Gasteiger partial charge is 0.491 e. The molecule has 1 aromatic heterocycles. The first-order valence-electron chi connectivity index (χ1n) is 5.63. The minimum absolute atomic E-state index is 0.206. The fourth-order valence-electron chi connectivity index (χ4n) is 1.49. The fraction of sp³-hybridized carbons (Fsp3) is 0.308. The fourth-order valence-corrected chi connectivity index (χ4v) is 2.02. The molecule has 0 aliphatic rings. The van der Waals surface area contributed by atoms with Gasteiger partial charge in [-0.05, 0) is 31.5 Å². The molecule has 0 amide bonds. The van der Waals surface area contributed by atoms with Crippen LogP contribution in [0.3, 0.4) is 0 Å². The maximum Gasteiger partial charge on any atom is 0.182 e. The van der Waals surface area contributed by atoms with Gasteiger partial charge in [0.05, 0.1) is 6.10 Å². The number of benzene rings is 1. The summed E-state index contributed by atoms with van der Waals surface area (Å²) in [4.78, 5) is 4.18. The Hall–Kier alpha value is -1.55. The Bertz CT molecular complexity index is 454. The van der Waals surface area contributed by atoms with E-state index >= 15 is 0 Å². The number of rotatable bonds is 5. The summed E-state index contributed by atoms with van der Waals surface area (Å²) in [5.74, 6) is 0.915. The van der Waals surface area contributed by atoms with Gasteiger partial charge in [0.2, 0.25) is 0 Å². The van der Waals surface area contributed by atoms with E-state index in [9.17, 15) is 0 Å². The summed E-state index contributed by atoms with van der Waals surface area (Å²) in [7, 11) is 0. The molecule has 4 heteroatoms. The van der Waals surface area contributed by atoms with Gasteiger partial charge < -0.3 is 10.1 Å². The van der Waals surface area contributed by atoms with Crippen molar-refractivity contribution < 1.29 is 4.74 Å². The number of nitrogens with zero attached hydrogens (tertiary/aromatic N) is 1. The average Bonchev–Trinajstić information content (AvgIpc) is 2.79. The molecule has 1 heterocycles. The molecule has 0 bridgehead atoms. The van der Waals surface area contributed by atoms with E-state index in [0.29, 0.717) is 0 Å². The molecule has 1 N–H and O–H groups in total. The van der Waals surface area contributed by atoms with Crippen LogP contribution in [0.1, 0.15) is 19.4 Å². The first kappa shape index (κ1) is 11.9. The number of ether oxygens (including phenoxy) is 1. The molecule has 0 unspecified atom stereocenters. The quantitative estimate of drug-likeness (QED) is 0.878. The van der Waals surface area contributed by atoms with Crippen molar-refractivity contribution in [3.05, 3.63) is 41.4 Å². The third-order valence-corrected chi connectivity index (χ3v) is 2.88. The van der Waals surface area contributed by atoms with Crippen LogP contribution < -0.4 is 10.1 Å². The summed E-state index contributed by atoms with van der Waals surface area (Å²) in [5, 5.41) is 6.18. The summed E-state index contributed by atoms with van der Waals surface area (Å²) in [6, 6.07) is 8.12. The summed E-state index contributed by atoms with van der Waals surface area (Å²) in [6.07, 6.45) is 2.00. The zero-order valence-electron chi connectivity index (χ0n) is 10.0. The van der Waals surface area contributed by atoms with Crippen molar-refractivity contribution in [1.29, 1.82) is 0 Å². The molecule has 0 saturated heterocycles. The summed E-state index contributed by atoms with van der Waals surface area (Å²) >= 11 is 1.60. The van der Waals surface area contributed by atoms with Crippen LogP contribution in [0.2, 0.25) is 0 Å². The van der Waals surface area contributed by atoms with E-state index in [1.54, 1.807) is 17.5 Å². The van der Waals surface area contributed by atoms with Gasteiger partial charge in [-0.1, -0.05) is 12.1 Å². The van der Waals surface area contributed by atoms with E-state index in [2.05, 4.69) is 22.4 Å². The van der Waals surface area contributed by atoms with Gasteiger partial charge in [-0.2, -0.15) is 0 Å². The molecule has 17 heavy (non-hydrogen) atoms. The van der Waals surface area contributed by atoms with E-state index in [1.807, 2.05) is 31.4 Å². The zero-order chi connectivity index (χ0) is 12.1. The predicted molar refractivity (Wildman–Crippen MR) is 71.6 cm³/mol. The van der Waals surface area contributed by atoms with E-state index in [0.717, 1.165) is 17.4 Å². The maximum absolute atomic E-state index is 5.65. The van der Waals surface area contributed by atoms with Crippen LogP contribution in [0.5, 0.6) is 5.75 Å². The summed E-state index contributed by atoms with van der Waals surface area (Å²) in [5.41, 5.74) is 1.19. The highest BCUT2D eigenvalue weighted by Crippen LogP contribution is 2.17. The van der Waals surface area contributed by atoms with Crippen LogP contribution in [0.25, 0.3) is 0 Å². The molecule has 0 atom stereocenters. The van der Waals surface area contributed by atoms with Gasteiger partial charge in [0.15, 0.2) is 5.13 Å². The lowest BCUT2D eigenvalue weighted by Crippen LogP contribution is -2.06. The van der Waals surface area contributed by atoms with Crippen molar-refractivity contribution in [3.8, 4) is 5.75 Å². The molecule has 1 aromatic carbocycles. The van der Waals surface area contributed by atoms with Crippen LogP contribution in [0, 0.1) is 0 Å². The average molecular weight is 248 g/mol. The minimum atomic E-state index is 0.206. The molecule has 0 saturated carbocycles. The van der Waals surface area contributed by atoms with Crippen molar-refractivity contribution in [1.82, 2.24) is 4.98 Å².